The highest BCUT2D eigenvalue weighted by molar-refractivity contribution is 6.36. The van der Waals surface area contributed by atoms with Crippen molar-refractivity contribution in [2.45, 2.75) is 26.4 Å². The summed E-state index contributed by atoms with van der Waals surface area (Å²) >= 11 is 0. The number of nitrogens with zero attached hydrogens (tertiary/aromatic N) is 2. The molecule has 2 aromatic rings. The van der Waals surface area contributed by atoms with E-state index in [4.69, 9.17) is 5.73 Å². The monoisotopic (exact) mass is 341 g/mol. The highest BCUT2D eigenvalue weighted by Crippen LogP contribution is 2.30. The number of aryl methyl sites for hydroxylation is 1. The lowest BCUT2D eigenvalue weighted by atomic mass is 9.93. The number of hydrogen-bond acceptors (Lipinski definition) is 5. The van der Waals surface area contributed by atoms with Gasteiger partial charge in [-0.05, 0) is 30.5 Å². The predicted octanol–water partition coefficient (Wildman–Crippen LogP) is 2.30. The van der Waals surface area contributed by atoms with Crippen LogP contribution in [0.4, 0.5) is 13.2 Å². The van der Waals surface area contributed by atoms with E-state index in [1.807, 2.05) is 0 Å². The highest BCUT2D eigenvalue weighted by Gasteiger charge is 2.38. The summed E-state index contributed by atoms with van der Waals surface area (Å²) in [5, 5.41) is 3.31. The molecule has 0 aliphatic carbocycles. The van der Waals surface area contributed by atoms with E-state index in [1.54, 1.807) is 26.0 Å². The first-order chi connectivity index (χ1) is 11.1. The number of hydrogen-bond donors (Lipinski definition) is 1. The lowest BCUT2D eigenvalue weighted by Gasteiger charge is -2.11. The lowest BCUT2D eigenvalue weighted by Crippen LogP contribution is -2.29. The molecule has 0 fully saturated rings. The van der Waals surface area contributed by atoms with Gasteiger partial charge in [0.05, 0.1) is 0 Å². The van der Waals surface area contributed by atoms with Crippen LogP contribution >= 0.6 is 0 Å². The van der Waals surface area contributed by atoms with Gasteiger partial charge in [0.1, 0.15) is 0 Å². The van der Waals surface area contributed by atoms with Gasteiger partial charge in [0.25, 0.3) is 5.91 Å². The van der Waals surface area contributed by atoms with Gasteiger partial charge >= 0.3 is 12.1 Å². The van der Waals surface area contributed by atoms with Gasteiger partial charge in [-0.15, -0.1) is 0 Å². The van der Waals surface area contributed by atoms with Crippen molar-refractivity contribution >= 4 is 11.7 Å². The number of halogens is 3. The zero-order valence-corrected chi connectivity index (χ0v) is 12.8. The molecule has 0 aliphatic rings. The number of nitrogens with two attached hydrogens (primary N) is 1. The number of rotatable bonds is 5. The Morgan fingerprint density at radius 1 is 1.33 bits per heavy atom. The maximum absolute atomic E-state index is 12.5. The van der Waals surface area contributed by atoms with Gasteiger partial charge in [-0.2, -0.15) is 18.2 Å². The van der Waals surface area contributed by atoms with Gasteiger partial charge in [0.2, 0.25) is 11.6 Å². The van der Waals surface area contributed by atoms with Crippen LogP contribution in [0.2, 0.25) is 0 Å². The van der Waals surface area contributed by atoms with Crippen molar-refractivity contribution in [3.8, 4) is 11.4 Å². The molecule has 1 aromatic carbocycles. The summed E-state index contributed by atoms with van der Waals surface area (Å²) in [4.78, 5) is 25.7. The quantitative estimate of drug-likeness (QED) is 0.841. The van der Waals surface area contributed by atoms with E-state index >= 15 is 0 Å². The summed E-state index contributed by atoms with van der Waals surface area (Å²) in [6, 6.07) is 4.75. The molecule has 24 heavy (non-hydrogen) atoms. The molecule has 9 heteroatoms. The van der Waals surface area contributed by atoms with Gasteiger partial charge in [-0.1, -0.05) is 24.2 Å². The molecule has 0 aliphatic heterocycles. The first kappa shape index (κ1) is 17.6. The smallest absolute Gasteiger partial charge is 0.363 e. The Morgan fingerprint density at radius 3 is 2.50 bits per heavy atom. The molecule has 1 unspecified atom stereocenters. The third kappa shape index (κ3) is 3.79. The second-order valence-electron chi connectivity index (χ2n) is 5.40. The van der Waals surface area contributed by atoms with E-state index < -0.39 is 29.7 Å². The third-order valence-electron chi connectivity index (χ3n) is 3.49. The van der Waals surface area contributed by atoms with Crippen LogP contribution < -0.4 is 5.73 Å². The Morgan fingerprint density at radius 2 is 2.00 bits per heavy atom. The minimum absolute atomic E-state index is 0.182. The van der Waals surface area contributed by atoms with E-state index in [0.717, 1.165) is 11.1 Å². The van der Waals surface area contributed by atoms with Crippen molar-refractivity contribution in [1.82, 2.24) is 10.1 Å². The molecule has 0 bridgehead atoms. The number of Topliss-reactive ketones (excluding diaryl/α,β-unsaturated/α-hetero) is 1. The van der Waals surface area contributed by atoms with Crippen molar-refractivity contribution < 1.29 is 27.3 Å². The molecular weight excluding hydrogens is 327 g/mol. The third-order valence-corrected chi connectivity index (χ3v) is 3.49. The number of primary amides is 1. The summed E-state index contributed by atoms with van der Waals surface area (Å²) in [7, 11) is 0. The standard InChI is InChI=1S/C15H14F3N3O3/c1-7-5-10(13-20-14(24-21-13)15(16,17)18)4-3-9(7)6-8(2)11(22)12(19)23/h3-5,8H,6H2,1-2H3,(H2,19,23). The molecule has 1 amide bonds. The van der Waals surface area contributed by atoms with Crippen LogP contribution in [0.15, 0.2) is 22.7 Å². The van der Waals surface area contributed by atoms with Crippen LogP contribution in [-0.4, -0.2) is 21.8 Å². The number of amides is 1. The van der Waals surface area contributed by atoms with E-state index in [0.29, 0.717) is 5.56 Å². The Hall–Kier alpha value is -2.71. The molecule has 1 atom stereocenters. The Labute approximate surface area is 134 Å². The number of ketones is 1. The number of alkyl halides is 3. The fraction of sp³-hybridized carbons (Fsp3) is 0.333. The minimum Gasteiger partial charge on any atom is -0.363 e. The van der Waals surface area contributed by atoms with E-state index in [1.165, 1.54) is 6.07 Å². The molecule has 2 rings (SSSR count). The van der Waals surface area contributed by atoms with Crippen LogP contribution in [-0.2, 0) is 22.2 Å². The Balaban J connectivity index is 2.22. The molecule has 0 radical (unpaired) electrons. The van der Waals surface area contributed by atoms with Crippen molar-refractivity contribution in [2.24, 2.45) is 11.7 Å². The van der Waals surface area contributed by atoms with E-state index in [9.17, 15) is 22.8 Å². The normalized spacial score (nSPS) is 12.9. The SMILES string of the molecule is Cc1cc(-c2noc(C(F)(F)F)n2)ccc1CC(C)C(=O)C(N)=O. The molecule has 6 nitrogen and oxygen atoms in total. The molecule has 0 spiro atoms. The highest BCUT2D eigenvalue weighted by atomic mass is 19.4. The minimum atomic E-state index is -4.70. The van der Waals surface area contributed by atoms with Crippen molar-refractivity contribution in [2.75, 3.05) is 0 Å². The molecule has 2 N–H and O–H groups in total. The average Bonchev–Trinajstić information content (AvgIpc) is 2.98. The molecule has 128 valence electrons. The van der Waals surface area contributed by atoms with E-state index in [2.05, 4.69) is 14.7 Å². The van der Waals surface area contributed by atoms with Crippen LogP contribution in [0.1, 0.15) is 23.9 Å². The molecule has 0 saturated heterocycles. The zero-order valence-electron chi connectivity index (χ0n) is 12.8. The van der Waals surface area contributed by atoms with E-state index in [-0.39, 0.29) is 12.2 Å². The Kier molecular flexibility index (Phi) is 4.72. The van der Waals surface area contributed by atoms with Crippen molar-refractivity contribution in [1.29, 1.82) is 0 Å². The summed E-state index contributed by atoms with van der Waals surface area (Å²) in [5.74, 6) is -3.86. The van der Waals surface area contributed by atoms with Gasteiger partial charge < -0.3 is 10.3 Å². The lowest BCUT2D eigenvalue weighted by molar-refractivity contribution is -0.159. The first-order valence-corrected chi connectivity index (χ1v) is 6.94. The van der Waals surface area contributed by atoms with Gasteiger partial charge in [0.15, 0.2) is 0 Å². The van der Waals surface area contributed by atoms with Crippen molar-refractivity contribution in [3.63, 3.8) is 0 Å². The fourth-order valence-electron chi connectivity index (χ4n) is 2.19. The van der Waals surface area contributed by atoms with Crippen LogP contribution in [0.25, 0.3) is 11.4 Å². The number of carbonyl (C=O) groups is 2. The molecular formula is C15H14F3N3O3. The second-order valence-corrected chi connectivity index (χ2v) is 5.40. The van der Waals surface area contributed by atoms with Gasteiger partial charge in [-0.25, -0.2) is 0 Å². The average molecular weight is 341 g/mol. The van der Waals surface area contributed by atoms with Crippen molar-refractivity contribution in [3.05, 3.63) is 35.2 Å². The fourth-order valence-corrected chi connectivity index (χ4v) is 2.19. The summed E-state index contributed by atoms with van der Waals surface area (Å²) in [6.07, 6.45) is -4.42. The molecule has 0 saturated carbocycles. The maximum Gasteiger partial charge on any atom is 0.471 e. The summed E-state index contributed by atoms with van der Waals surface area (Å²) < 4.78 is 41.6. The molecule has 1 aromatic heterocycles. The van der Waals surface area contributed by atoms with Crippen LogP contribution in [0, 0.1) is 12.8 Å². The number of aromatic nitrogens is 2. The number of carbonyl (C=O) groups excluding carboxylic acids is 2. The Bertz CT molecular complexity index is 784. The van der Waals surface area contributed by atoms with Gasteiger partial charge in [0, 0.05) is 11.5 Å². The predicted molar refractivity (Wildman–Crippen MR) is 76.5 cm³/mol. The molecule has 1 heterocycles. The summed E-state index contributed by atoms with van der Waals surface area (Å²) in [5.41, 5.74) is 6.79. The maximum atomic E-state index is 12.5. The second kappa shape index (κ2) is 6.42. The summed E-state index contributed by atoms with van der Waals surface area (Å²) in [6.45, 7) is 3.31. The first-order valence-electron chi connectivity index (χ1n) is 6.94. The largest absolute Gasteiger partial charge is 0.471 e. The van der Waals surface area contributed by atoms with Crippen LogP contribution in [0.3, 0.4) is 0 Å². The zero-order chi connectivity index (χ0) is 18.1. The number of benzene rings is 1. The van der Waals surface area contributed by atoms with Crippen LogP contribution in [0.5, 0.6) is 0 Å². The topological polar surface area (TPSA) is 99.1 Å². The van der Waals surface area contributed by atoms with Gasteiger partial charge in [-0.3, -0.25) is 9.59 Å².